The number of rotatable bonds is 8. The summed E-state index contributed by atoms with van der Waals surface area (Å²) in [5, 5.41) is 3.71. The zero-order valence-electron chi connectivity index (χ0n) is 17.6. The molecule has 4 rings (SSSR count). The molecule has 0 fully saturated rings. The van der Waals surface area contributed by atoms with Crippen molar-refractivity contribution in [3.8, 4) is 16.9 Å². The molecule has 0 radical (unpaired) electrons. The van der Waals surface area contributed by atoms with E-state index >= 15 is 0 Å². The lowest BCUT2D eigenvalue weighted by molar-refractivity contribution is 0.0954. The summed E-state index contributed by atoms with van der Waals surface area (Å²) in [6.07, 6.45) is 0.771. The first kappa shape index (κ1) is 21.7. The maximum absolute atomic E-state index is 13.1. The van der Waals surface area contributed by atoms with Crippen LogP contribution in [0.3, 0.4) is 0 Å². The highest BCUT2D eigenvalue weighted by molar-refractivity contribution is 6.30. The van der Waals surface area contributed by atoms with Gasteiger partial charge in [-0.05, 0) is 59.0 Å². The quantitative estimate of drug-likeness (QED) is 0.336. The summed E-state index contributed by atoms with van der Waals surface area (Å²) in [5.41, 5.74) is 4.60. The zero-order valence-corrected chi connectivity index (χ0v) is 18.4. The third-order valence-corrected chi connectivity index (χ3v) is 5.43. The van der Waals surface area contributed by atoms with Crippen LogP contribution in [0.1, 0.15) is 21.5 Å². The van der Waals surface area contributed by atoms with E-state index in [1.165, 1.54) is 5.56 Å². The van der Waals surface area contributed by atoms with Crippen molar-refractivity contribution in [1.82, 2.24) is 5.32 Å². The lowest BCUT2D eigenvalue weighted by Crippen LogP contribution is -2.26. The van der Waals surface area contributed by atoms with E-state index in [1.807, 2.05) is 91.0 Å². The van der Waals surface area contributed by atoms with Crippen LogP contribution in [0.4, 0.5) is 0 Å². The molecule has 0 spiro atoms. The maximum atomic E-state index is 13.1. The van der Waals surface area contributed by atoms with Crippen molar-refractivity contribution in [2.45, 2.75) is 13.0 Å². The minimum absolute atomic E-state index is 0.129. The molecule has 0 saturated heterocycles. The van der Waals surface area contributed by atoms with Crippen molar-refractivity contribution in [2.24, 2.45) is 0 Å². The first-order valence-corrected chi connectivity index (χ1v) is 11.0. The molecule has 0 aliphatic rings. The summed E-state index contributed by atoms with van der Waals surface area (Å²) in [6.45, 7) is 0.994. The van der Waals surface area contributed by atoms with Crippen LogP contribution < -0.4 is 10.1 Å². The average Bonchev–Trinajstić information content (AvgIpc) is 2.84. The van der Waals surface area contributed by atoms with Gasteiger partial charge in [0.1, 0.15) is 12.4 Å². The van der Waals surface area contributed by atoms with Gasteiger partial charge < -0.3 is 10.1 Å². The van der Waals surface area contributed by atoms with E-state index in [0.717, 1.165) is 23.1 Å². The molecule has 3 nitrogen and oxygen atoms in total. The van der Waals surface area contributed by atoms with Gasteiger partial charge in [0, 0.05) is 11.6 Å². The van der Waals surface area contributed by atoms with Gasteiger partial charge in [0.05, 0.1) is 5.56 Å². The SMILES string of the molecule is O=C(NCCc1ccccc1)c1cc(OCc2ccccc2)ccc1-c1ccc(Cl)cc1. The molecule has 1 N–H and O–H groups in total. The van der Waals surface area contributed by atoms with E-state index in [1.54, 1.807) is 0 Å². The van der Waals surface area contributed by atoms with Gasteiger partial charge in [0.25, 0.3) is 5.91 Å². The topological polar surface area (TPSA) is 38.3 Å². The van der Waals surface area contributed by atoms with Crippen LogP contribution >= 0.6 is 11.6 Å². The van der Waals surface area contributed by atoms with Gasteiger partial charge in [-0.15, -0.1) is 0 Å². The minimum Gasteiger partial charge on any atom is -0.489 e. The Bertz CT molecular complexity index is 1160. The Labute approximate surface area is 193 Å². The van der Waals surface area contributed by atoms with Gasteiger partial charge in [0.2, 0.25) is 0 Å². The summed E-state index contributed by atoms with van der Waals surface area (Å²) in [7, 11) is 0. The number of ether oxygens (including phenoxy) is 1. The number of hydrogen-bond acceptors (Lipinski definition) is 2. The number of hydrogen-bond donors (Lipinski definition) is 1. The summed E-state index contributed by atoms with van der Waals surface area (Å²) in [5.74, 6) is 0.524. The molecule has 0 aliphatic carbocycles. The van der Waals surface area contributed by atoms with Crippen LogP contribution in [0.5, 0.6) is 5.75 Å². The largest absolute Gasteiger partial charge is 0.489 e. The molecular weight excluding hydrogens is 418 g/mol. The lowest BCUT2D eigenvalue weighted by atomic mass is 9.98. The standard InChI is InChI=1S/C28H24ClNO2/c29-24-13-11-23(12-14-24)26-16-15-25(32-20-22-9-5-2-6-10-22)19-27(26)28(31)30-18-17-21-7-3-1-4-8-21/h1-16,19H,17-18,20H2,(H,30,31). The Balaban J connectivity index is 1.54. The second-order valence-electron chi connectivity index (χ2n) is 7.48. The number of benzene rings is 4. The van der Waals surface area contributed by atoms with Crippen molar-refractivity contribution in [1.29, 1.82) is 0 Å². The fraction of sp³-hybridized carbons (Fsp3) is 0.107. The highest BCUT2D eigenvalue weighted by atomic mass is 35.5. The summed E-state index contributed by atoms with van der Waals surface area (Å²) >= 11 is 6.05. The molecule has 0 atom stereocenters. The second-order valence-corrected chi connectivity index (χ2v) is 7.92. The predicted octanol–water partition coefficient (Wildman–Crippen LogP) is 6.56. The Morgan fingerprint density at radius 3 is 2.12 bits per heavy atom. The van der Waals surface area contributed by atoms with Crippen LogP contribution in [0.15, 0.2) is 103 Å². The molecule has 0 unspecified atom stereocenters. The molecule has 4 heteroatoms. The van der Waals surface area contributed by atoms with Gasteiger partial charge in [-0.2, -0.15) is 0 Å². The van der Waals surface area contributed by atoms with Gasteiger partial charge in [-0.1, -0.05) is 84.4 Å². The maximum Gasteiger partial charge on any atom is 0.252 e. The molecular formula is C28H24ClNO2. The normalized spacial score (nSPS) is 10.5. The average molecular weight is 442 g/mol. The predicted molar refractivity (Wildman–Crippen MR) is 130 cm³/mol. The highest BCUT2D eigenvalue weighted by Gasteiger charge is 2.15. The Morgan fingerprint density at radius 2 is 1.44 bits per heavy atom. The van der Waals surface area contributed by atoms with Gasteiger partial charge in [-0.3, -0.25) is 4.79 Å². The Hall–Kier alpha value is -3.56. The number of amides is 1. The summed E-state index contributed by atoms with van der Waals surface area (Å²) in [4.78, 5) is 13.1. The van der Waals surface area contributed by atoms with E-state index in [-0.39, 0.29) is 5.91 Å². The van der Waals surface area contributed by atoms with Crippen molar-refractivity contribution in [3.63, 3.8) is 0 Å². The summed E-state index contributed by atoms with van der Waals surface area (Å²) in [6, 6.07) is 33.2. The fourth-order valence-corrected chi connectivity index (χ4v) is 3.61. The fourth-order valence-electron chi connectivity index (χ4n) is 3.48. The van der Waals surface area contributed by atoms with Crippen molar-refractivity contribution < 1.29 is 9.53 Å². The van der Waals surface area contributed by atoms with Crippen molar-refractivity contribution >= 4 is 17.5 Å². The smallest absolute Gasteiger partial charge is 0.252 e. The Morgan fingerprint density at radius 1 is 0.781 bits per heavy atom. The van der Waals surface area contributed by atoms with E-state index < -0.39 is 0 Å². The van der Waals surface area contributed by atoms with Crippen molar-refractivity contribution in [3.05, 3.63) is 125 Å². The van der Waals surface area contributed by atoms with Crippen LogP contribution in [-0.4, -0.2) is 12.5 Å². The number of carbonyl (C=O) groups excluding carboxylic acids is 1. The van der Waals surface area contributed by atoms with Crippen LogP contribution in [0.2, 0.25) is 5.02 Å². The number of halogens is 1. The third kappa shape index (κ3) is 5.77. The van der Waals surface area contributed by atoms with E-state index in [9.17, 15) is 4.79 Å². The van der Waals surface area contributed by atoms with Gasteiger partial charge in [0.15, 0.2) is 0 Å². The van der Waals surface area contributed by atoms with Gasteiger partial charge in [-0.25, -0.2) is 0 Å². The third-order valence-electron chi connectivity index (χ3n) is 5.18. The number of nitrogens with one attached hydrogen (secondary N) is 1. The van der Waals surface area contributed by atoms with Crippen LogP contribution in [0.25, 0.3) is 11.1 Å². The molecule has 0 heterocycles. The molecule has 0 aliphatic heterocycles. The molecule has 4 aromatic rings. The molecule has 0 saturated carbocycles. The van der Waals surface area contributed by atoms with Gasteiger partial charge >= 0.3 is 0 Å². The molecule has 0 aromatic heterocycles. The van der Waals surface area contributed by atoms with E-state index in [4.69, 9.17) is 16.3 Å². The molecule has 4 aromatic carbocycles. The van der Waals surface area contributed by atoms with Crippen LogP contribution in [0, 0.1) is 0 Å². The Kier molecular flexibility index (Phi) is 7.21. The van der Waals surface area contributed by atoms with Crippen molar-refractivity contribution in [2.75, 3.05) is 6.54 Å². The molecule has 160 valence electrons. The monoisotopic (exact) mass is 441 g/mol. The zero-order chi connectivity index (χ0) is 22.2. The van der Waals surface area contributed by atoms with E-state index in [0.29, 0.717) is 29.5 Å². The molecule has 0 bridgehead atoms. The van der Waals surface area contributed by atoms with E-state index in [2.05, 4.69) is 17.4 Å². The second kappa shape index (κ2) is 10.7. The number of carbonyl (C=O) groups is 1. The lowest BCUT2D eigenvalue weighted by Gasteiger charge is -2.14. The first-order valence-electron chi connectivity index (χ1n) is 10.6. The first-order chi connectivity index (χ1) is 15.7. The molecule has 32 heavy (non-hydrogen) atoms. The molecule has 1 amide bonds. The minimum atomic E-state index is -0.129. The summed E-state index contributed by atoms with van der Waals surface area (Å²) < 4.78 is 5.97. The van der Waals surface area contributed by atoms with Crippen LogP contribution in [-0.2, 0) is 13.0 Å². The highest BCUT2D eigenvalue weighted by Crippen LogP contribution is 2.29.